The highest BCUT2D eigenvalue weighted by Crippen LogP contribution is 2.29. The summed E-state index contributed by atoms with van der Waals surface area (Å²) < 4.78 is 12.8. The van der Waals surface area contributed by atoms with Crippen LogP contribution < -0.4 is 9.47 Å². The van der Waals surface area contributed by atoms with Crippen molar-refractivity contribution in [1.29, 1.82) is 0 Å². The van der Waals surface area contributed by atoms with Crippen LogP contribution in [0.1, 0.15) is 15.9 Å². The van der Waals surface area contributed by atoms with Crippen molar-refractivity contribution < 1.29 is 19.4 Å². The number of aliphatic hydroxyl groups is 1. The number of halogens is 2. The predicted octanol–water partition coefficient (Wildman–Crippen LogP) is 8.89. The number of hydrogen-bond donors (Lipinski definition) is 1. The van der Waals surface area contributed by atoms with Crippen molar-refractivity contribution in [2.24, 2.45) is 0 Å². The summed E-state index contributed by atoms with van der Waals surface area (Å²) in [4.78, 5) is 17.4. The second kappa shape index (κ2) is 13.2. The van der Waals surface area contributed by atoms with Crippen molar-refractivity contribution in [3.8, 4) is 23.0 Å². The summed E-state index contributed by atoms with van der Waals surface area (Å²) >= 11 is 6.62. The molecule has 4 aromatic rings. The van der Waals surface area contributed by atoms with Gasteiger partial charge in [-0.15, -0.1) is 0 Å². The largest absolute Gasteiger partial charge is 0.457 e. The first-order valence-electron chi connectivity index (χ1n) is 10.4. The molecule has 0 heterocycles. The van der Waals surface area contributed by atoms with E-state index in [9.17, 15) is 4.79 Å². The molecule has 0 bridgehead atoms. The Morgan fingerprint density at radius 3 is 1.58 bits per heavy atom. The number of carbonyl (C=O) groups excluding carboxylic acids is 1. The molecular weight excluding hydrogens is 588 g/mol. The van der Waals surface area contributed by atoms with Crippen LogP contribution in [0.15, 0.2) is 93.9 Å². The molecule has 0 aliphatic carbocycles. The third-order valence-electron chi connectivity index (χ3n) is 4.69. The number of benzene rings is 4. The van der Waals surface area contributed by atoms with Crippen LogP contribution in [0.2, 0.25) is 0 Å². The SMILES string of the molecule is [C-]#[N+]c1ccc(Oc2ccc(Br)c(C=O)c2)cc1.[C-]#[N+]c1ccc(Oc2ccc(Br)c(CO)c2)cc1. The van der Waals surface area contributed by atoms with Gasteiger partial charge in [0.2, 0.25) is 0 Å². The van der Waals surface area contributed by atoms with Gasteiger partial charge in [-0.3, -0.25) is 4.79 Å². The van der Waals surface area contributed by atoms with Crippen LogP contribution in [-0.4, -0.2) is 11.4 Å². The zero-order valence-electron chi connectivity index (χ0n) is 18.7. The molecule has 0 spiro atoms. The topological polar surface area (TPSA) is 64.5 Å². The standard InChI is InChI=1S/C14H10BrNO2.C14H8BrNO2/c2*1-16-11-2-4-12(5-3-11)18-13-6-7-14(15)10(8-13)9-17/h2-8,17H,9H2;2-9H. The molecule has 8 heteroatoms. The van der Waals surface area contributed by atoms with E-state index in [0.29, 0.717) is 39.9 Å². The number of rotatable bonds is 6. The molecule has 0 saturated heterocycles. The Kier molecular flexibility index (Phi) is 9.79. The van der Waals surface area contributed by atoms with Crippen LogP contribution in [0.5, 0.6) is 23.0 Å². The van der Waals surface area contributed by atoms with Crippen molar-refractivity contribution in [1.82, 2.24) is 0 Å². The van der Waals surface area contributed by atoms with Crippen LogP contribution in [0.4, 0.5) is 11.4 Å². The van der Waals surface area contributed by atoms with Crippen molar-refractivity contribution in [2.45, 2.75) is 6.61 Å². The minimum absolute atomic E-state index is 0.0472. The zero-order chi connectivity index (χ0) is 25.9. The fraction of sp³-hybridized carbons (Fsp3) is 0.0357. The van der Waals surface area contributed by atoms with Gasteiger partial charge in [-0.05, 0) is 66.2 Å². The Morgan fingerprint density at radius 1 is 0.694 bits per heavy atom. The number of carbonyl (C=O) groups is 1. The lowest BCUT2D eigenvalue weighted by Gasteiger charge is -2.08. The number of nitrogens with zero attached hydrogens (tertiary/aromatic N) is 2. The van der Waals surface area contributed by atoms with E-state index in [1.54, 1.807) is 72.8 Å². The maximum atomic E-state index is 10.8. The highest BCUT2D eigenvalue weighted by molar-refractivity contribution is 9.10. The van der Waals surface area contributed by atoms with Crippen LogP contribution in [0, 0.1) is 13.1 Å². The Morgan fingerprint density at radius 2 is 1.14 bits per heavy atom. The molecule has 0 unspecified atom stereocenters. The fourth-order valence-electron chi connectivity index (χ4n) is 2.86. The summed E-state index contributed by atoms with van der Waals surface area (Å²) in [6.45, 7) is 13.7. The first-order valence-corrected chi connectivity index (χ1v) is 12.0. The Bertz CT molecular complexity index is 1420. The highest BCUT2D eigenvalue weighted by Gasteiger charge is 2.04. The molecule has 4 rings (SSSR count). The molecule has 6 nitrogen and oxygen atoms in total. The number of hydrogen-bond acceptors (Lipinski definition) is 4. The van der Waals surface area contributed by atoms with E-state index in [2.05, 4.69) is 41.5 Å². The van der Waals surface area contributed by atoms with Gasteiger partial charge in [-0.2, -0.15) is 0 Å². The number of aldehydes is 1. The van der Waals surface area contributed by atoms with Gasteiger partial charge < -0.3 is 14.6 Å². The maximum Gasteiger partial charge on any atom is 0.187 e. The van der Waals surface area contributed by atoms with E-state index in [4.69, 9.17) is 27.7 Å². The normalized spacial score (nSPS) is 9.69. The first-order chi connectivity index (χ1) is 17.4. The third kappa shape index (κ3) is 7.53. The molecule has 0 aliphatic heterocycles. The molecule has 36 heavy (non-hydrogen) atoms. The van der Waals surface area contributed by atoms with Crippen molar-refractivity contribution in [2.75, 3.05) is 0 Å². The highest BCUT2D eigenvalue weighted by atomic mass is 79.9. The van der Waals surface area contributed by atoms with Gasteiger partial charge in [-0.25, -0.2) is 9.69 Å². The van der Waals surface area contributed by atoms with Crippen molar-refractivity contribution in [3.05, 3.63) is 128 Å². The lowest BCUT2D eigenvalue weighted by Crippen LogP contribution is -1.88. The van der Waals surface area contributed by atoms with Gasteiger partial charge in [0, 0.05) is 14.5 Å². The molecule has 1 N–H and O–H groups in total. The van der Waals surface area contributed by atoms with Gasteiger partial charge in [0.15, 0.2) is 17.7 Å². The molecule has 0 radical (unpaired) electrons. The monoisotopic (exact) mass is 604 g/mol. The number of aliphatic hydroxyl groups excluding tert-OH is 1. The second-order valence-electron chi connectivity index (χ2n) is 7.13. The van der Waals surface area contributed by atoms with E-state index in [-0.39, 0.29) is 6.61 Å². The smallest absolute Gasteiger partial charge is 0.187 e. The maximum absolute atomic E-state index is 10.8. The van der Waals surface area contributed by atoms with Gasteiger partial charge in [0.25, 0.3) is 0 Å². The average molecular weight is 606 g/mol. The minimum Gasteiger partial charge on any atom is -0.457 e. The lowest BCUT2D eigenvalue weighted by atomic mass is 10.2. The van der Waals surface area contributed by atoms with Gasteiger partial charge >= 0.3 is 0 Å². The zero-order valence-corrected chi connectivity index (χ0v) is 21.9. The third-order valence-corrected chi connectivity index (χ3v) is 6.18. The van der Waals surface area contributed by atoms with Crippen LogP contribution in [-0.2, 0) is 6.61 Å². The minimum atomic E-state index is -0.0472. The van der Waals surface area contributed by atoms with Crippen molar-refractivity contribution in [3.63, 3.8) is 0 Å². The summed E-state index contributed by atoms with van der Waals surface area (Å²) in [5.41, 5.74) is 2.44. The number of ether oxygens (including phenoxy) is 2. The average Bonchev–Trinajstić information content (AvgIpc) is 2.92. The Balaban J connectivity index is 0.000000201. The van der Waals surface area contributed by atoms with Crippen molar-refractivity contribution >= 4 is 49.5 Å². The summed E-state index contributed by atoms with van der Waals surface area (Å²) in [5.74, 6) is 2.52. The molecule has 178 valence electrons. The fourth-order valence-corrected chi connectivity index (χ4v) is 3.57. The summed E-state index contributed by atoms with van der Waals surface area (Å²) in [5, 5.41) is 9.16. The molecule has 0 saturated carbocycles. The van der Waals surface area contributed by atoms with Gasteiger partial charge in [0.05, 0.1) is 19.8 Å². The summed E-state index contributed by atoms with van der Waals surface area (Å²) in [6, 6.07) is 24.3. The molecular formula is C28H18Br2N2O4. The molecule has 0 amide bonds. The van der Waals surface area contributed by atoms with Gasteiger partial charge in [0.1, 0.15) is 23.0 Å². The quantitative estimate of drug-likeness (QED) is 0.176. The molecule has 0 aromatic heterocycles. The van der Waals surface area contributed by atoms with Crippen LogP contribution in [0.25, 0.3) is 9.69 Å². The second-order valence-corrected chi connectivity index (χ2v) is 8.84. The van der Waals surface area contributed by atoms with E-state index in [0.717, 1.165) is 20.8 Å². The molecule has 0 fully saturated rings. The van der Waals surface area contributed by atoms with E-state index in [1.165, 1.54) is 0 Å². The van der Waals surface area contributed by atoms with Gasteiger partial charge in [-0.1, -0.05) is 56.1 Å². The van der Waals surface area contributed by atoms with E-state index < -0.39 is 0 Å². The van der Waals surface area contributed by atoms with Crippen LogP contribution >= 0.6 is 31.9 Å². The van der Waals surface area contributed by atoms with E-state index >= 15 is 0 Å². The van der Waals surface area contributed by atoms with E-state index in [1.807, 2.05) is 12.1 Å². The van der Waals surface area contributed by atoms with Crippen LogP contribution in [0.3, 0.4) is 0 Å². The Labute approximate surface area is 225 Å². The molecule has 4 aromatic carbocycles. The predicted molar refractivity (Wildman–Crippen MR) is 145 cm³/mol. The summed E-state index contributed by atoms with van der Waals surface area (Å²) in [7, 11) is 0. The molecule has 0 atom stereocenters. The lowest BCUT2D eigenvalue weighted by molar-refractivity contribution is 0.112. The Hall–Kier alpha value is -3.95. The summed E-state index contributed by atoms with van der Waals surface area (Å²) in [6.07, 6.45) is 0.763. The first kappa shape index (κ1) is 26.7. The molecule has 0 aliphatic rings.